The SMILES string of the molecule is CC[N+](CC)=C1C=CC(=C2C=C(c3ccccc3)OC(c3ccccc3)=C2)C=C1. The molecule has 0 N–H and O–H groups in total. The lowest BCUT2D eigenvalue weighted by Crippen LogP contribution is -2.19. The van der Waals surface area contributed by atoms with Gasteiger partial charge < -0.3 is 4.74 Å². The fraction of sp³-hybridized carbons (Fsp3) is 0.148. The van der Waals surface area contributed by atoms with Crippen LogP contribution in [0.25, 0.3) is 11.5 Å². The van der Waals surface area contributed by atoms with Gasteiger partial charge >= 0.3 is 0 Å². The van der Waals surface area contributed by atoms with Gasteiger partial charge in [0.25, 0.3) is 0 Å². The highest BCUT2D eigenvalue weighted by atomic mass is 16.5. The van der Waals surface area contributed by atoms with Crippen molar-refractivity contribution in [2.24, 2.45) is 0 Å². The van der Waals surface area contributed by atoms with Gasteiger partial charge in [-0.15, -0.1) is 0 Å². The fourth-order valence-corrected chi connectivity index (χ4v) is 3.61. The molecule has 144 valence electrons. The van der Waals surface area contributed by atoms with Gasteiger partial charge in [0, 0.05) is 23.3 Å². The normalized spacial score (nSPS) is 15.7. The summed E-state index contributed by atoms with van der Waals surface area (Å²) in [6.45, 7) is 6.40. The molecule has 0 amide bonds. The fourth-order valence-electron chi connectivity index (χ4n) is 3.61. The summed E-state index contributed by atoms with van der Waals surface area (Å²) in [6, 6.07) is 20.5. The summed E-state index contributed by atoms with van der Waals surface area (Å²) in [4.78, 5) is 0. The second-order valence-corrected chi connectivity index (χ2v) is 7.03. The van der Waals surface area contributed by atoms with Gasteiger partial charge in [-0.1, -0.05) is 60.7 Å². The van der Waals surface area contributed by atoms with E-state index in [1.165, 1.54) is 11.3 Å². The van der Waals surface area contributed by atoms with Crippen LogP contribution in [-0.2, 0) is 4.74 Å². The van der Waals surface area contributed by atoms with E-state index in [0.29, 0.717) is 0 Å². The molecule has 1 aliphatic carbocycles. The highest BCUT2D eigenvalue weighted by Gasteiger charge is 2.17. The van der Waals surface area contributed by atoms with Crippen molar-refractivity contribution in [3.63, 3.8) is 0 Å². The second-order valence-electron chi connectivity index (χ2n) is 7.03. The summed E-state index contributed by atoms with van der Waals surface area (Å²) < 4.78 is 8.66. The maximum Gasteiger partial charge on any atom is 0.199 e. The lowest BCUT2D eigenvalue weighted by Gasteiger charge is -2.20. The van der Waals surface area contributed by atoms with Crippen molar-refractivity contribution < 1.29 is 9.31 Å². The van der Waals surface area contributed by atoms with Crippen molar-refractivity contribution in [3.05, 3.63) is 119 Å². The maximum absolute atomic E-state index is 6.30. The highest BCUT2D eigenvalue weighted by molar-refractivity contribution is 6.02. The Labute approximate surface area is 173 Å². The summed E-state index contributed by atoms with van der Waals surface area (Å²) in [7, 11) is 0. The number of hydrogen-bond acceptors (Lipinski definition) is 1. The van der Waals surface area contributed by atoms with Gasteiger partial charge in [0.2, 0.25) is 0 Å². The van der Waals surface area contributed by atoms with Crippen molar-refractivity contribution in [3.8, 4) is 0 Å². The molecule has 29 heavy (non-hydrogen) atoms. The second kappa shape index (κ2) is 8.74. The van der Waals surface area contributed by atoms with Gasteiger partial charge in [-0.25, -0.2) is 4.58 Å². The topological polar surface area (TPSA) is 12.2 Å². The van der Waals surface area contributed by atoms with Crippen molar-refractivity contribution >= 4 is 17.2 Å². The number of benzene rings is 2. The molecule has 0 bridgehead atoms. The van der Waals surface area contributed by atoms with E-state index in [2.05, 4.69) is 79.1 Å². The number of allylic oxidation sites excluding steroid dienone is 8. The van der Waals surface area contributed by atoms with Gasteiger partial charge in [0.15, 0.2) is 5.71 Å². The molecule has 0 atom stereocenters. The van der Waals surface area contributed by atoms with Crippen molar-refractivity contribution in [2.75, 3.05) is 13.1 Å². The van der Waals surface area contributed by atoms with Crippen LogP contribution in [0.2, 0.25) is 0 Å². The molecule has 4 rings (SSSR count). The zero-order valence-corrected chi connectivity index (χ0v) is 17.0. The van der Waals surface area contributed by atoms with E-state index >= 15 is 0 Å². The molecule has 2 aliphatic rings. The molecule has 2 aromatic carbocycles. The van der Waals surface area contributed by atoms with Crippen LogP contribution >= 0.6 is 0 Å². The third-order valence-electron chi connectivity index (χ3n) is 5.24. The van der Waals surface area contributed by atoms with Crippen LogP contribution in [0.15, 0.2) is 108 Å². The predicted molar refractivity (Wildman–Crippen MR) is 122 cm³/mol. The Morgan fingerprint density at radius 2 is 1.10 bits per heavy atom. The third kappa shape index (κ3) is 4.22. The van der Waals surface area contributed by atoms with E-state index < -0.39 is 0 Å². The predicted octanol–water partition coefficient (Wildman–Crippen LogP) is 6.01. The monoisotopic (exact) mass is 380 g/mol. The maximum atomic E-state index is 6.30. The number of ether oxygens (including phenoxy) is 1. The first-order valence-electron chi connectivity index (χ1n) is 10.2. The van der Waals surface area contributed by atoms with Crippen LogP contribution in [0.5, 0.6) is 0 Å². The molecular formula is C27H26NO+. The highest BCUT2D eigenvalue weighted by Crippen LogP contribution is 2.33. The summed E-state index contributed by atoms with van der Waals surface area (Å²) in [6.07, 6.45) is 13.1. The molecule has 2 heteroatoms. The molecule has 1 aliphatic heterocycles. The molecule has 0 spiro atoms. The van der Waals surface area contributed by atoms with E-state index in [9.17, 15) is 0 Å². The Balaban J connectivity index is 1.78. The molecule has 0 unspecified atom stereocenters. The van der Waals surface area contributed by atoms with Gasteiger partial charge in [-0.2, -0.15) is 0 Å². The van der Waals surface area contributed by atoms with Gasteiger partial charge in [0.1, 0.15) is 24.6 Å². The molecule has 2 nitrogen and oxygen atoms in total. The quantitative estimate of drug-likeness (QED) is 0.591. The molecule has 0 aromatic heterocycles. The zero-order chi connectivity index (χ0) is 20.1. The average molecular weight is 381 g/mol. The van der Waals surface area contributed by atoms with Crippen LogP contribution in [0.1, 0.15) is 25.0 Å². The van der Waals surface area contributed by atoms with Gasteiger partial charge in [0.05, 0.1) is 0 Å². The summed E-state index contributed by atoms with van der Waals surface area (Å²) in [5.41, 5.74) is 5.75. The van der Waals surface area contributed by atoms with Crippen LogP contribution in [0.4, 0.5) is 0 Å². The van der Waals surface area contributed by atoms with Crippen LogP contribution < -0.4 is 0 Å². The molecular weight excluding hydrogens is 354 g/mol. The Morgan fingerprint density at radius 1 is 0.621 bits per heavy atom. The smallest absolute Gasteiger partial charge is 0.199 e. The molecule has 0 fully saturated rings. The molecule has 0 saturated heterocycles. The van der Waals surface area contributed by atoms with Crippen LogP contribution in [-0.4, -0.2) is 23.4 Å². The molecule has 1 heterocycles. The first-order chi connectivity index (χ1) is 14.3. The van der Waals surface area contributed by atoms with E-state index in [0.717, 1.165) is 41.3 Å². The molecule has 0 saturated carbocycles. The zero-order valence-electron chi connectivity index (χ0n) is 17.0. The van der Waals surface area contributed by atoms with Crippen molar-refractivity contribution in [2.45, 2.75) is 13.8 Å². The van der Waals surface area contributed by atoms with E-state index in [4.69, 9.17) is 4.74 Å². The lowest BCUT2D eigenvalue weighted by atomic mass is 9.97. The largest absolute Gasteiger partial charge is 0.456 e. The van der Waals surface area contributed by atoms with Crippen LogP contribution in [0.3, 0.4) is 0 Å². The average Bonchev–Trinajstić information content (AvgIpc) is 2.81. The summed E-state index contributed by atoms with van der Waals surface area (Å²) in [5, 5.41) is 0. The number of nitrogens with zero attached hydrogens (tertiary/aromatic N) is 1. The van der Waals surface area contributed by atoms with E-state index in [-0.39, 0.29) is 0 Å². The molecule has 0 radical (unpaired) electrons. The number of rotatable bonds is 4. The Kier molecular flexibility index (Phi) is 5.71. The third-order valence-corrected chi connectivity index (χ3v) is 5.24. The standard InChI is InChI=1S/C27H26NO/c1-3-28(4-2)25-17-15-21(16-18-25)24-19-26(22-11-7-5-8-12-22)29-27(20-24)23-13-9-6-10-14-23/h5-20H,3-4H2,1-2H3/q+1. The van der Waals surface area contributed by atoms with Gasteiger partial charge in [-0.3, -0.25) is 0 Å². The van der Waals surface area contributed by atoms with Gasteiger partial charge in [-0.05, 0) is 49.3 Å². The number of hydrogen-bond donors (Lipinski definition) is 0. The summed E-state index contributed by atoms with van der Waals surface area (Å²) >= 11 is 0. The van der Waals surface area contributed by atoms with Crippen LogP contribution in [0, 0.1) is 0 Å². The van der Waals surface area contributed by atoms with E-state index in [1.807, 2.05) is 36.4 Å². The summed E-state index contributed by atoms with van der Waals surface area (Å²) in [5.74, 6) is 1.74. The Morgan fingerprint density at radius 3 is 1.55 bits per heavy atom. The first kappa shape index (κ1) is 18.9. The Bertz CT molecular complexity index is 983. The lowest BCUT2D eigenvalue weighted by molar-refractivity contribution is -0.519. The first-order valence-corrected chi connectivity index (χ1v) is 10.2. The minimum absolute atomic E-state index is 0.870. The van der Waals surface area contributed by atoms with E-state index in [1.54, 1.807) is 0 Å². The Hall–Kier alpha value is -3.39. The van der Waals surface area contributed by atoms with Crippen molar-refractivity contribution in [1.82, 2.24) is 0 Å². The van der Waals surface area contributed by atoms with Crippen molar-refractivity contribution in [1.29, 1.82) is 0 Å². The minimum Gasteiger partial charge on any atom is -0.456 e. The molecule has 2 aromatic rings. The minimum atomic E-state index is 0.870.